The fraction of sp³-hybridized carbons (Fsp3) is 0.214. The topological polar surface area (TPSA) is 91.3 Å². The number of benzene rings is 1. The van der Waals surface area contributed by atoms with Crippen LogP contribution in [0.4, 0.5) is 10.5 Å². The Hall–Kier alpha value is -2.41. The van der Waals surface area contributed by atoms with Crippen LogP contribution in [0.15, 0.2) is 23.6 Å². The Morgan fingerprint density at radius 1 is 1.33 bits per heavy atom. The zero-order chi connectivity index (χ0) is 15.4. The third kappa shape index (κ3) is 3.79. The van der Waals surface area contributed by atoms with Gasteiger partial charge in [0, 0.05) is 16.8 Å². The van der Waals surface area contributed by atoms with Crippen molar-refractivity contribution in [3.05, 3.63) is 45.4 Å². The summed E-state index contributed by atoms with van der Waals surface area (Å²) in [7, 11) is 0. The van der Waals surface area contributed by atoms with Crippen LogP contribution in [0.25, 0.3) is 0 Å². The maximum Gasteiger partial charge on any atom is 0.336 e. The van der Waals surface area contributed by atoms with E-state index in [1.54, 1.807) is 19.1 Å². The summed E-state index contributed by atoms with van der Waals surface area (Å²) in [5.74, 6) is -1.02. The van der Waals surface area contributed by atoms with Gasteiger partial charge in [0.05, 0.1) is 12.1 Å². The van der Waals surface area contributed by atoms with E-state index in [1.165, 1.54) is 17.4 Å². The van der Waals surface area contributed by atoms with Crippen LogP contribution >= 0.6 is 11.3 Å². The number of thiazole rings is 1. The number of carbonyl (C=O) groups excluding carboxylic acids is 1. The lowest BCUT2D eigenvalue weighted by molar-refractivity contribution is 0.0696. The van der Waals surface area contributed by atoms with Gasteiger partial charge in [-0.25, -0.2) is 14.6 Å². The minimum absolute atomic E-state index is 0.170. The van der Waals surface area contributed by atoms with Crippen molar-refractivity contribution in [3.8, 4) is 0 Å². The molecule has 0 saturated heterocycles. The van der Waals surface area contributed by atoms with E-state index < -0.39 is 12.0 Å². The van der Waals surface area contributed by atoms with Gasteiger partial charge in [-0.15, -0.1) is 11.3 Å². The van der Waals surface area contributed by atoms with E-state index in [-0.39, 0.29) is 5.56 Å². The number of urea groups is 1. The zero-order valence-corrected chi connectivity index (χ0v) is 12.5. The second-order valence-electron chi connectivity index (χ2n) is 4.47. The van der Waals surface area contributed by atoms with E-state index in [2.05, 4.69) is 15.6 Å². The minimum Gasteiger partial charge on any atom is -0.478 e. The Bertz CT molecular complexity index is 682. The molecule has 1 heterocycles. The molecule has 0 fully saturated rings. The number of nitrogens with zero attached hydrogens (tertiary/aromatic N) is 1. The first-order valence-corrected chi connectivity index (χ1v) is 7.14. The van der Waals surface area contributed by atoms with Crippen molar-refractivity contribution in [1.29, 1.82) is 0 Å². The van der Waals surface area contributed by atoms with Crippen molar-refractivity contribution >= 4 is 29.0 Å². The number of rotatable bonds is 4. The van der Waals surface area contributed by atoms with Crippen molar-refractivity contribution in [2.24, 2.45) is 0 Å². The summed E-state index contributed by atoms with van der Waals surface area (Å²) >= 11 is 1.48. The number of carboxylic acids is 1. The number of hydrogen-bond donors (Lipinski definition) is 3. The normalized spacial score (nSPS) is 10.2. The number of anilines is 1. The van der Waals surface area contributed by atoms with Crippen LogP contribution in [-0.4, -0.2) is 22.1 Å². The Balaban J connectivity index is 1.99. The standard InChI is InChI=1S/C14H15N3O3S/c1-8-7-21-12(16-8)6-15-14(20)17-11-5-3-4-10(9(11)2)13(18)19/h3-5,7H,6H2,1-2H3,(H,18,19)(H2,15,17,20). The van der Waals surface area contributed by atoms with E-state index in [4.69, 9.17) is 5.11 Å². The smallest absolute Gasteiger partial charge is 0.336 e. The van der Waals surface area contributed by atoms with Gasteiger partial charge in [-0.1, -0.05) is 6.07 Å². The molecule has 3 N–H and O–H groups in total. The van der Waals surface area contributed by atoms with Gasteiger partial charge >= 0.3 is 12.0 Å². The molecular formula is C14H15N3O3S. The zero-order valence-electron chi connectivity index (χ0n) is 11.6. The first kappa shape index (κ1) is 15.0. The first-order chi connectivity index (χ1) is 9.97. The summed E-state index contributed by atoms with van der Waals surface area (Å²) in [4.78, 5) is 27.1. The van der Waals surface area contributed by atoms with E-state index in [0.29, 0.717) is 17.8 Å². The number of aryl methyl sites for hydroxylation is 1. The molecule has 2 amide bonds. The Morgan fingerprint density at radius 2 is 2.10 bits per heavy atom. The monoisotopic (exact) mass is 305 g/mol. The second-order valence-corrected chi connectivity index (χ2v) is 5.42. The van der Waals surface area contributed by atoms with E-state index in [9.17, 15) is 9.59 Å². The fourth-order valence-corrected chi connectivity index (χ4v) is 2.52. The lowest BCUT2D eigenvalue weighted by Crippen LogP contribution is -2.28. The quantitative estimate of drug-likeness (QED) is 0.810. The highest BCUT2D eigenvalue weighted by atomic mass is 32.1. The number of carbonyl (C=O) groups is 2. The Kier molecular flexibility index (Phi) is 4.54. The third-order valence-corrected chi connectivity index (χ3v) is 3.85. The van der Waals surface area contributed by atoms with Crippen LogP contribution in [0.3, 0.4) is 0 Å². The van der Waals surface area contributed by atoms with Crippen LogP contribution in [0.1, 0.15) is 26.6 Å². The molecule has 0 aliphatic carbocycles. The molecule has 2 aromatic rings. The molecule has 21 heavy (non-hydrogen) atoms. The van der Waals surface area contributed by atoms with Crippen molar-refractivity contribution in [2.45, 2.75) is 20.4 Å². The Morgan fingerprint density at radius 3 is 2.71 bits per heavy atom. The summed E-state index contributed by atoms with van der Waals surface area (Å²) in [5, 5.41) is 17.1. The second kappa shape index (κ2) is 6.36. The summed E-state index contributed by atoms with van der Waals surface area (Å²) in [6, 6.07) is 4.36. The average molecular weight is 305 g/mol. The molecule has 110 valence electrons. The number of nitrogens with one attached hydrogen (secondary N) is 2. The van der Waals surface area contributed by atoms with Gasteiger partial charge in [-0.05, 0) is 31.5 Å². The summed E-state index contributed by atoms with van der Waals surface area (Å²) in [6.07, 6.45) is 0. The van der Waals surface area contributed by atoms with Gasteiger partial charge in [0.25, 0.3) is 0 Å². The molecule has 7 heteroatoms. The molecule has 0 bridgehead atoms. The maximum absolute atomic E-state index is 11.8. The van der Waals surface area contributed by atoms with Gasteiger partial charge < -0.3 is 15.7 Å². The van der Waals surface area contributed by atoms with Crippen molar-refractivity contribution < 1.29 is 14.7 Å². The molecular weight excluding hydrogens is 290 g/mol. The van der Waals surface area contributed by atoms with Crippen molar-refractivity contribution in [2.75, 3.05) is 5.32 Å². The molecule has 0 aliphatic rings. The highest BCUT2D eigenvalue weighted by Gasteiger charge is 2.12. The van der Waals surface area contributed by atoms with Crippen LogP contribution in [-0.2, 0) is 6.54 Å². The third-order valence-electron chi connectivity index (χ3n) is 2.88. The van der Waals surface area contributed by atoms with Gasteiger partial charge in [0.15, 0.2) is 0 Å². The fourth-order valence-electron chi connectivity index (χ4n) is 1.81. The first-order valence-electron chi connectivity index (χ1n) is 6.26. The lowest BCUT2D eigenvalue weighted by Gasteiger charge is -2.10. The average Bonchev–Trinajstić information content (AvgIpc) is 2.84. The number of carboxylic acid groups (broad SMARTS) is 1. The SMILES string of the molecule is Cc1csc(CNC(=O)Nc2cccc(C(=O)O)c2C)n1. The van der Waals surface area contributed by atoms with Gasteiger partial charge in [0.2, 0.25) is 0 Å². The van der Waals surface area contributed by atoms with E-state index in [0.717, 1.165) is 10.7 Å². The van der Waals surface area contributed by atoms with Gasteiger partial charge in [-0.3, -0.25) is 0 Å². The van der Waals surface area contributed by atoms with Crippen LogP contribution < -0.4 is 10.6 Å². The highest BCUT2D eigenvalue weighted by Crippen LogP contribution is 2.18. The largest absolute Gasteiger partial charge is 0.478 e. The number of hydrogen-bond acceptors (Lipinski definition) is 4. The predicted molar refractivity (Wildman–Crippen MR) is 80.8 cm³/mol. The van der Waals surface area contributed by atoms with Crippen molar-refractivity contribution in [1.82, 2.24) is 10.3 Å². The molecule has 0 atom stereocenters. The Labute approximate surface area is 125 Å². The van der Waals surface area contributed by atoms with Crippen LogP contribution in [0.2, 0.25) is 0 Å². The number of aromatic carboxylic acids is 1. The molecule has 0 unspecified atom stereocenters. The predicted octanol–water partition coefficient (Wildman–Crippen LogP) is 2.78. The van der Waals surface area contributed by atoms with Gasteiger partial charge in [-0.2, -0.15) is 0 Å². The number of amides is 2. The molecule has 1 aromatic heterocycles. The molecule has 0 aliphatic heterocycles. The number of aromatic nitrogens is 1. The summed E-state index contributed by atoms with van der Waals surface area (Å²) in [5.41, 5.74) is 2.08. The van der Waals surface area contributed by atoms with E-state index in [1.807, 2.05) is 12.3 Å². The summed E-state index contributed by atoms with van der Waals surface area (Å²) < 4.78 is 0. The van der Waals surface area contributed by atoms with E-state index >= 15 is 0 Å². The molecule has 0 radical (unpaired) electrons. The molecule has 1 aromatic carbocycles. The van der Waals surface area contributed by atoms with Crippen LogP contribution in [0, 0.1) is 13.8 Å². The van der Waals surface area contributed by atoms with Gasteiger partial charge in [0.1, 0.15) is 5.01 Å². The van der Waals surface area contributed by atoms with Crippen molar-refractivity contribution in [3.63, 3.8) is 0 Å². The molecule has 0 spiro atoms. The maximum atomic E-state index is 11.8. The lowest BCUT2D eigenvalue weighted by atomic mass is 10.1. The molecule has 6 nitrogen and oxygen atoms in total. The molecule has 0 saturated carbocycles. The van der Waals surface area contributed by atoms with Crippen LogP contribution in [0.5, 0.6) is 0 Å². The molecule has 2 rings (SSSR count). The summed E-state index contributed by atoms with van der Waals surface area (Å²) in [6.45, 7) is 3.88. The highest BCUT2D eigenvalue weighted by molar-refractivity contribution is 7.09. The minimum atomic E-state index is -1.02.